The lowest BCUT2D eigenvalue weighted by molar-refractivity contribution is -0.137. The number of nitrogens with two attached hydrogens (primary N) is 1. The van der Waals surface area contributed by atoms with Gasteiger partial charge in [-0.2, -0.15) is 13.2 Å². The van der Waals surface area contributed by atoms with Crippen molar-refractivity contribution in [2.45, 2.75) is 25.1 Å². The van der Waals surface area contributed by atoms with Crippen LogP contribution in [0.2, 0.25) is 0 Å². The molecule has 90 valence electrons. The molecule has 1 aromatic carbocycles. The van der Waals surface area contributed by atoms with E-state index in [1.807, 2.05) is 0 Å². The first-order chi connectivity index (χ1) is 7.45. The quantitative estimate of drug-likeness (QED) is 0.839. The molecule has 0 saturated heterocycles. The standard InChI is InChI=1S/C11H14F3NO/c12-11(13,14)9-4-1-3-8(7-9)10(16)5-2-6-15/h1,3-4,7,10,16H,2,5-6,15H2. The van der Waals surface area contributed by atoms with Crippen LogP contribution >= 0.6 is 0 Å². The van der Waals surface area contributed by atoms with Crippen molar-refractivity contribution in [3.8, 4) is 0 Å². The zero-order chi connectivity index (χ0) is 12.2. The molecule has 1 rings (SSSR count). The number of benzene rings is 1. The van der Waals surface area contributed by atoms with E-state index in [1.54, 1.807) is 0 Å². The summed E-state index contributed by atoms with van der Waals surface area (Å²) >= 11 is 0. The maximum atomic E-state index is 12.4. The van der Waals surface area contributed by atoms with Crippen LogP contribution in [0.5, 0.6) is 0 Å². The third kappa shape index (κ3) is 3.50. The topological polar surface area (TPSA) is 46.2 Å². The van der Waals surface area contributed by atoms with Gasteiger partial charge in [-0.3, -0.25) is 0 Å². The maximum absolute atomic E-state index is 12.4. The number of alkyl halides is 3. The smallest absolute Gasteiger partial charge is 0.388 e. The Morgan fingerprint density at radius 1 is 1.31 bits per heavy atom. The fourth-order valence-corrected chi connectivity index (χ4v) is 1.40. The Morgan fingerprint density at radius 2 is 2.00 bits per heavy atom. The number of aliphatic hydroxyl groups excluding tert-OH is 1. The summed E-state index contributed by atoms with van der Waals surface area (Å²) in [5.41, 5.74) is 4.80. The molecule has 0 radical (unpaired) electrons. The molecule has 0 aliphatic heterocycles. The van der Waals surface area contributed by atoms with Gasteiger partial charge in [-0.1, -0.05) is 12.1 Å². The van der Waals surface area contributed by atoms with Crippen LogP contribution < -0.4 is 5.73 Å². The van der Waals surface area contributed by atoms with E-state index in [2.05, 4.69) is 0 Å². The Morgan fingerprint density at radius 3 is 2.56 bits per heavy atom. The van der Waals surface area contributed by atoms with Gasteiger partial charge < -0.3 is 10.8 Å². The predicted molar refractivity (Wildman–Crippen MR) is 54.7 cm³/mol. The molecule has 1 unspecified atom stereocenters. The third-order valence-corrected chi connectivity index (χ3v) is 2.28. The van der Waals surface area contributed by atoms with Gasteiger partial charge in [0.25, 0.3) is 0 Å². The average molecular weight is 233 g/mol. The van der Waals surface area contributed by atoms with Gasteiger partial charge in [-0.05, 0) is 37.1 Å². The predicted octanol–water partition coefficient (Wildman–Crippen LogP) is 2.48. The average Bonchev–Trinajstić information content (AvgIpc) is 2.25. The van der Waals surface area contributed by atoms with Crippen LogP contribution in [-0.4, -0.2) is 11.7 Å². The lowest BCUT2D eigenvalue weighted by atomic mass is 10.0. The van der Waals surface area contributed by atoms with E-state index in [9.17, 15) is 18.3 Å². The van der Waals surface area contributed by atoms with Crippen molar-refractivity contribution in [3.05, 3.63) is 35.4 Å². The van der Waals surface area contributed by atoms with Crippen LogP contribution in [0.15, 0.2) is 24.3 Å². The molecule has 0 heterocycles. The summed E-state index contributed by atoms with van der Waals surface area (Å²) in [5.74, 6) is 0. The van der Waals surface area contributed by atoms with Crippen molar-refractivity contribution in [2.24, 2.45) is 5.73 Å². The minimum atomic E-state index is -4.37. The SMILES string of the molecule is NCCCC(O)c1cccc(C(F)(F)F)c1. The van der Waals surface area contributed by atoms with E-state index < -0.39 is 17.8 Å². The van der Waals surface area contributed by atoms with Crippen molar-refractivity contribution in [1.29, 1.82) is 0 Å². The molecule has 16 heavy (non-hydrogen) atoms. The lowest BCUT2D eigenvalue weighted by Gasteiger charge is -2.13. The highest BCUT2D eigenvalue weighted by Crippen LogP contribution is 2.31. The van der Waals surface area contributed by atoms with Crippen LogP contribution in [-0.2, 0) is 6.18 Å². The highest BCUT2D eigenvalue weighted by atomic mass is 19.4. The monoisotopic (exact) mass is 233 g/mol. The first kappa shape index (κ1) is 13.0. The first-order valence-electron chi connectivity index (χ1n) is 5.00. The van der Waals surface area contributed by atoms with E-state index in [4.69, 9.17) is 5.73 Å². The van der Waals surface area contributed by atoms with Crippen molar-refractivity contribution < 1.29 is 18.3 Å². The van der Waals surface area contributed by atoms with Crippen LogP contribution in [0.3, 0.4) is 0 Å². The molecular weight excluding hydrogens is 219 g/mol. The van der Waals surface area contributed by atoms with E-state index in [-0.39, 0.29) is 5.56 Å². The largest absolute Gasteiger partial charge is 0.416 e. The van der Waals surface area contributed by atoms with E-state index in [0.29, 0.717) is 19.4 Å². The normalized spacial score (nSPS) is 13.8. The minimum absolute atomic E-state index is 0.281. The van der Waals surface area contributed by atoms with Crippen molar-refractivity contribution in [1.82, 2.24) is 0 Å². The Bertz CT molecular complexity index is 338. The fraction of sp³-hybridized carbons (Fsp3) is 0.455. The number of aliphatic hydroxyl groups is 1. The summed E-state index contributed by atoms with van der Waals surface area (Å²) in [6, 6.07) is 4.74. The van der Waals surface area contributed by atoms with Gasteiger partial charge in [0, 0.05) is 0 Å². The second-order valence-electron chi connectivity index (χ2n) is 3.57. The summed E-state index contributed by atoms with van der Waals surface area (Å²) in [7, 11) is 0. The fourth-order valence-electron chi connectivity index (χ4n) is 1.40. The zero-order valence-corrected chi connectivity index (χ0v) is 8.67. The Kier molecular flexibility index (Phi) is 4.32. The van der Waals surface area contributed by atoms with Crippen LogP contribution in [0.4, 0.5) is 13.2 Å². The number of hydrogen-bond donors (Lipinski definition) is 2. The van der Waals surface area contributed by atoms with Crippen LogP contribution in [0.25, 0.3) is 0 Å². The number of halogens is 3. The molecule has 1 atom stereocenters. The Hall–Kier alpha value is -1.07. The molecule has 0 spiro atoms. The van der Waals surface area contributed by atoms with E-state index >= 15 is 0 Å². The second kappa shape index (κ2) is 5.32. The first-order valence-corrected chi connectivity index (χ1v) is 5.00. The van der Waals surface area contributed by atoms with E-state index in [1.165, 1.54) is 12.1 Å². The van der Waals surface area contributed by atoms with Gasteiger partial charge in [0.1, 0.15) is 0 Å². The molecule has 5 heteroatoms. The third-order valence-electron chi connectivity index (χ3n) is 2.28. The summed E-state index contributed by atoms with van der Waals surface area (Å²) in [4.78, 5) is 0. The minimum Gasteiger partial charge on any atom is -0.388 e. The molecule has 0 aromatic heterocycles. The summed E-state index contributed by atoms with van der Waals surface area (Å²) < 4.78 is 37.1. The maximum Gasteiger partial charge on any atom is 0.416 e. The van der Waals surface area contributed by atoms with Gasteiger partial charge >= 0.3 is 6.18 Å². The molecule has 0 aliphatic rings. The Labute approximate surface area is 91.9 Å². The summed E-state index contributed by atoms with van der Waals surface area (Å²) in [6.07, 6.45) is -4.30. The Balaban J connectivity index is 2.82. The highest BCUT2D eigenvalue weighted by Gasteiger charge is 2.30. The lowest BCUT2D eigenvalue weighted by Crippen LogP contribution is -2.08. The van der Waals surface area contributed by atoms with E-state index in [0.717, 1.165) is 12.1 Å². The van der Waals surface area contributed by atoms with Crippen molar-refractivity contribution >= 4 is 0 Å². The number of rotatable bonds is 4. The van der Waals surface area contributed by atoms with Crippen molar-refractivity contribution in [2.75, 3.05) is 6.54 Å². The van der Waals surface area contributed by atoms with Gasteiger partial charge in [-0.25, -0.2) is 0 Å². The van der Waals surface area contributed by atoms with Crippen LogP contribution in [0, 0.1) is 0 Å². The summed E-state index contributed by atoms with van der Waals surface area (Å²) in [6.45, 7) is 0.413. The molecule has 0 amide bonds. The molecule has 0 bridgehead atoms. The molecular formula is C11H14F3NO. The van der Waals surface area contributed by atoms with Gasteiger partial charge in [0.05, 0.1) is 11.7 Å². The molecule has 3 N–H and O–H groups in total. The highest BCUT2D eigenvalue weighted by molar-refractivity contribution is 5.27. The van der Waals surface area contributed by atoms with Crippen molar-refractivity contribution in [3.63, 3.8) is 0 Å². The molecule has 2 nitrogen and oxygen atoms in total. The molecule has 1 aromatic rings. The molecule has 0 fully saturated rings. The van der Waals surface area contributed by atoms with Gasteiger partial charge in [0.15, 0.2) is 0 Å². The zero-order valence-electron chi connectivity index (χ0n) is 8.67. The van der Waals surface area contributed by atoms with Gasteiger partial charge in [0.2, 0.25) is 0 Å². The second-order valence-corrected chi connectivity index (χ2v) is 3.57. The summed E-state index contributed by atoms with van der Waals surface area (Å²) in [5, 5.41) is 9.62. The molecule has 0 saturated carbocycles. The van der Waals surface area contributed by atoms with Crippen LogP contribution in [0.1, 0.15) is 30.1 Å². The van der Waals surface area contributed by atoms with Gasteiger partial charge in [-0.15, -0.1) is 0 Å². The molecule has 0 aliphatic carbocycles. The number of hydrogen-bond acceptors (Lipinski definition) is 2.